The van der Waals surface area contributed by atoms with Crippen LogP contribution in [0.4, 0.5) is 10.1 Å². The van der Waals surface area contributed by atoms with Gasteiger partial charge in [-0.3, -0.25) is 0 Å². The Kier molecular flexibility index (Phi) is 4.86. The molecule has 0 aliphatic heterocycles. The summed E-state index contributed by atoms with van der Waals surface area (Å²) in [7, 11) is 1.88. The average molecular weight is 308 g/mol. The molecule has 0 radical (unpaired) electrons. The Morgan fingerprint density at radius 1 is 1.14 bits per heavy atom. The second-order valence-electron chi connectivity index (χ2n) is 5.20. The van der Waals surface area contributed by atoms with E-state index in [-0.39, 0.29) is 11.9 Å². The zero-order chi connectivity index (χ0) is 15.6. The molecule has 4 heteroatoms. The van der Waals surface area contributed by atoms with Crippen LogP contribution in [0.3, 0.4) is 0 Å². The van der Waals surface area contributed by atoms with Gasteiger partial charge in [0.2, 0.25) is 0 Å². The van der Waals surface area contributed by atoms with Gasteiger partial charge in [-0.15, -0.1) is 0 Å². The Balaban J connectivity index is 2.32. The quantitative estimate of drug-likeness (QED) is 0.882. The van der Waals surface area contributed by atoms with Gasteiger partial charge in [-0.1, -0.05) is 35.9 Å². The second-order valence-corrected chi connectivity index (χ2v) is 5.60. The van der Waals surface area contributed by atoms with Gasteiger partial charge in [-0.2, -0.15) is 0 Å². The highest BCUT2D eigenvalue weighted by Crippen LogP contribution is 2.33. The number of hydrogen-bond donors (Lipinski definition) is 1. The van der Waals surface area contributed by atoms with E-state index in [1.165, 1.54) is 6.07 Å². The Labute approximate surface area is 129 Å². The van der Waals surface area contributed by atoms with E-state index in [4.69, 9.17) is 11.6 Å². The molecule has 112 valence electrons. The third kappa shape index (κ3) is 3.36. The summed E-state index contributed by atoms with van der Waals surface area (Å²) in [4.78, 5) is 1.92. The molecule has 0 heterocycles. The van der Waals surface area contributed by atoms with Crippen molar-refractivity contribution in [3.05, 3.63) is 64.4 Å². The molecule has 2 nitrogen and oxygen atoms in total. The summed E-state index contributed by atoms with van der Waals surface area (Å²) in [5, 5.41) is 10.1. The van der Waals surface area contributed by atoms with Gasteiger partial charge in [0.15, 0.2) is 0 Å². The number of rotatable bonds is 4. The van der Waals surface area contributed by atoms with E-state index in [1.54, 1.807) is 25.1 Å². The van der Waals surface area contributed by atoms with Gasteiger partial charge in [0.05, 0.1) is 22.9 Å². The number of hydrogen-bond acceptors (Lipinski definition) is 2. The van der Waals surface area contributed by atoms with Gasteiger partial charge >= 0.3 is 0 Å². The van der Waals surface area contributed by atoms with Crippen molar-refractivity contribution in [2.45, 2.75) is 26.0 Å². The molecule has 2 aromatic rings. The standard InChI is InChI=1S/C17H19ClFNO/c1-11(14-6-4-5-7-16(14)19)20(3)17-9-8-13(12(2)21)10-15(17)18/h4-12,21H,1-3H3/t11?,12-/m1/s1. The van der Waals surface area contributed by atoms with Gasteiger partial charge in [0.25, 0.3) is 0 Å². The molecule has 0 bridgehead atoms. The van der Waals surface area contributed by atoms with Crippen molar-refractivity contribution < 1.29 is 9.50 Å². The maximum Gasteiger partial charge on any atom is 0.128 e. The molecule has 2 aromatic carbocycles. The summed E-state index contributed by atoms with van der Waals surface area (Å²) in [5.74, 6) is -0.228. The van der Waals surface area contributed by atoms with Crippen LogP contribution in [0.2, 0.25) is 5.02 Å². The Hall–Kier alpha value is -1.58. The van der Waals surface area contributed by atoms with Gasteiger partial charge in [0, 0.05) is 12.6 Å². The van der Waals surface area contributed by atoms with Crippen molar-refractivity contribution >= 4 is 17.3 Å². The summed E-state index contributed by atoms with van der Waals surface area (Å²) in [6.45, 7) is 3.62. The fraction of sp³-hybridized carbons (Fsp3) is 0.294. The molecule has 2 atom stereocenters. The van der Waals surface area contributed by atoms with Gasteiger partial charge in [0.1, 0.15) is 5.82 Å². The molecule has 21 heavy (non-hydrogen) atoms. The summed E-state index contributed by atoms with van der Waals surface area (Å²) in [6, 6.07) is 12.0. The van der Waals surface area contributed by atoms with Crippen LogP contribution in [0, 0.1) is 5.82 Å². The molecule has 0 amide bonds. The van der Waals surface area contributed by atoms with E-state index >= 15 is 0 Å². The molecule has 0 spiro atoms. The molecule has 0 fully saturated rings. The Bertz CT molecular complexity index is 630. The Morgan fingerprint density at radius 2 is 1.81 bits per heavy atom. The number of halogens is 2. The van der Waals surface area contributed by atoms with Crippen molar-refractivity contribution in [3.8, 4) is 0 Å². The summed E-state index contributed by atoms with van der Waals surface area (Å²) >= 11 is 6.29. The van der Waals surface area contributed by atoms with Crippen LogP contribution in [0.1, 0.15) is 37.1 Å². The predicted molar refractivity (Wildman–Crippen MR) is 85.3 cm³/mol. The van der Waals surface area contributed by atoms with E-state index in [0.717, 1.165) is 11.3 Å². The maximum absolute atomic E-state index is 13.9. The zero-order valence-corrected chi connectivity index (χ0v) is 13.1. The monoisotopic (exact) mass is 307 g/mol. The third-order valence-electron chi connectivity index (χ3n) is 3.77. The Morgan fingerprint density at radius 3 is 2.38 bits per heavy atom. The molecule has 0 aliphatic carbocycles. The summed E-state index contributed by atoms with van der Waals surface area (Å²) in [6.07, 6.45) is -0.564. The first kappa shape index (κ1) is 15.8. The van der Waals surface area contributed by atoms with Crippen LogP contribution in [0.15, 0.2) is 42.5 Å². The second kappa shape index (κ2) is 6.46. The van der Waals surface area contributed by atoms with Crippen molar-refractivity contribution in [1.29, 1.82) is 0 Å². The van der Waals surface area contributed by atoms with Crippen LogP contribution in [-0.4, -0.2) is 12.2 Å². The lowest BCUT2D eigenvalue weighted by atomic mass is 10.0. The molecular weight excluding hydrogens is 289 g/mol. The molecular formula is C17H19ClFNO. The number of nitrogens with zero attached hydrogens (tertiary/aromatic N) is 1. The topological polar surface area (TPSA) is 23.5 Å². The normalized spacial score (nSPS) is 13.8. The first-order valence-corrected chi connectivity index (χ1v) is 7.24. The van der Waals surface area contributed by atoms with Crippen molar-refractivity contribution in [2.75, 3.05) is 11.9 Å². The first-order valence-electron chi connectivity index (χ1n) is 6.86. The highest BCUT2D eigenvalue weighted by molar-refractivity contribution is 6.33. The fourth-order valence-corrected chi connectivity index (χ4v) is 2.62. The molecule has 0 saturated heterocycles. The number of anilines is 1. The minimum Gasteiger partial charge on any atom is -0.389 e. The molecule has 2 rings (SSSR count). The average Bonchev–Trinajstić information content (AvgIpc) is 2.46. The maximum atomic E-state index is 13.9. The van der Waals surface area contributed by atoms with Gasteiger partial charge in [-0.05, 0) is 37.6 Å². The zero-order valence-electron chi connectivity index (χ0n) is 12.3. The van der Waals surface area contributed by atoms with Crippen LogP contribution in [0.25, 0.3) is 0 Å². The number of benzene rings is 2. The van der Waals surface area contributed by atoms with Crippen LogP contribution in [-0.2, 0) is 0 Å². The van der Waals surface area contributed by atoms with Crippen molar-refractivity contribution in [3.63, 3.8) is 0 Å². The van der Waals surface area contributed by atoms with Crippen LogP contribution >= 0.6 is 11.6 Å². The van der Waals surface area contributed by atoms with E-state index in [1.807, 2.05) is 37.1 Å². The third-order valence-corrected chi connectivity index (χ3v) is 4.07. The number of aliphatic hydroxyl groups is 1. The lowest BCUT2D eigenvalue weighted by molar-refractivity contribution is 0.199. The van der Waals surface area contributed by atoms with Crippen LogP contribution < -0.4 is 4.90 Å². The lowest BCUT2D eigenvalue weighted by Crippen LogP contribution is -2.22. The molecule has 1 N–H and O–H groups in total. The smallest absolute Gasteiger partial charge is 0.128 e. The number of aliphatic hydroxyl groups excluding tert-OH is 1. The first-order chi connectivity index (χ1) is 9.91. The lowest BCUT2D eigenvalue weighted by Gasteiger charge is -2.29. The fourth-order valence-electron chi connectivity index (χ4n) is 2.30. The van der Waals surface area contributed by atoms with E-state index in [0.29, 0.717) is 10.6 Å². The van der Waals surface area contributed by atoms with E-state index in [2.05, 4.69) is 0 Å². The molecule has 0 saturated carbocycles. The minimum absolute atomic E-state index is 0.152. The van der Waals surface area contributed by atoms with Crippen molar-refractivity contribution in [1.82, 2.24) is 0 Å². The SMILES string of the molecule is CC(c1ccccc1F)N(C)c1ccc([C@@H](C)O)cc1Cl. The highest BCUT2D eigenvalue weighted by atomic mass is 35.5. The van der Waals surface area contributed by atoms with Crippen LogP contribution in [0.5, 0.6) is 0 Å². The summed E-state index contributed by atoms with van der Waals surface area (Å²) in [5.41, 5.74) is 2.18. The van der Waals surface area contributed by atoms with Gasteiger partial charge in [-0.25, -0.2) is 4.39 Å². The summed E-state index contributed by atoms with van der Waals surface area (Å²) < 4.78 is 13.9. The molecule has 0 aliphatic rings. The van der Waals surface area contributed by atoms with Gasteiger partial charge < -0.3 is 10.0 Å². The van der Waals surface area contributed by atoms with E-state index < -0.39 is 6.10 Å². The minimum atomic E-state index is -0.564. The van der Waals surface area contributed by atoms with Crippen molar-refractivity contribution in [2.24, 2.45) is 0 Å². The molecule has 1 unspecified atom stereocenters. The largest absolute Gasteiger partial charge is 0.389 e. The highest BCUT2D eigenvalue weighted by Gasteiger charge is 2.18. The van der Waals surface area contributed by atoms with E-state index in [9.17, 15) is 9.50 Å². The molecule has 0 aromatic heterocycles. The predicted octanol–water partition coefficient (Wildman–Crippen LogP) is 4.73.